The second kappa shape index (κ2) is 4.92. The van der Waals surface area contributed by atoms with Gasteiger partial charge in [-0.3, -0.25) is 4.57 Å². The van der Waals surface area contributed by atoms with E-state index in [0.717, 1.165) is 11.4 Å². The number of hydrogen-bond donors (Lipinski definition) is 1. The Kier molecular flexibility index (Phi) is 3.66. The Balaban J connectivity index is 2.59. The standard InChI is InChI=1S/C13H15Cl2N3/c1-13(2,16-3)12-7-17-8-18(12)11-6-9(14)4-5-10(11)15/h4-8,16H,1-3H3. The van der Waals surface area contributed by atoms with Crippen molar-refractivity contribution in [2.75, 3.05) is 7.05 Å². The first kappa shape index (κ1) is 13.4. The minimum absolute atomic E-state index is 0.206. The summed E-state index contributed by atoms with van der Waals surface area (Å²) in [5, 5.41) is 4.54. The van der Waals surface area contributed by atoms with Crippen LogP contribution in [0, 0.1) is 0 Å². The van der Waals surface area contributed by atoms with E-state index in [9.17, 15) is 0 Å². The van der Waals surface area contributed by atoms with Crippen LogP contribution >= 0.6 is 23.2 Å². The van der Waals surface area contributed by atoms with Gasteiger partial charge in [0.05, 0.1) is 34.5 Å². The highest BCUT2D eigenvalue weighted by molar-refractivity contribution is 6.34. The van der Waals surface area contributed by atoms with Gasteiger partial charge in [-0.05, 0) is 39.1 Å². The molecule has 96 valence electrons. The molecule has 18 heavy (non-hydrogen) atoms. The summed E-state index contributed by atoms with van der Waals surface area (Å²) in [7, 11) is 1.91. The maximum atomic E-state index is 6.23. The lowest BCUT2D eigenvalue weighted by atomic mass is 10.0. The first-order valence-electron chi connectivity index (χ1n) is 5.63. The molecule has 0 fully saturated rings. The van der Waals surface area contributed by atoms with Crippen LogP contribution in [-0.4, -0.2) is 16.6 Å². The van der Waals surface area contributed by atoms with Crippen LogP contribution in [0.3, 0.4) is 0 Å². The number of halogens is 2. The Morgan fingerprint density at radius 2 is 2.00 bits per heavy atom. The van der Waals surface area contributed by atoms with Crippen molar-refractivity contribution in [3.05, 3.63) is 46.5 Å². The number of benzene rings is 1. The first-order chi connectivity index (χ1) is 8.45. The lowest BCUT2D eigenvalue weighted by molar-refractivity contribution is 0.425. The van der Waals surface area contributed by atoms with Gasteiger partial charge in [-0.25, -0.2) is 4.98 Å². The molecular formula is C13H15Cl2N3. The summed E-state index contributed by atoms with van der Waals surface area (Å²) in [6.45, 7) is 4.16. The second-order valence-corrected chi connectivity index (χ2v) is 5.46. The van der Waals surface area contributed by atoms with Gasteiger partial charge in [0.15, 0.2) is 0 Å². The largest absolute Gasteiger partial charge is 0.310 e. The van der Waals surface area contributed by atoms with Gasteiger partial charge in [-0.15, -0.1) is 0 Å². The summed E-state index contributed by atoms with van der Waals surface area (Å²) >= 11 is 12.3. The van der Waals surface area contributed by atoms with Crippen molar-refractivity contribution in [2.45, 2.75) is 19.4 Å². The number of nitrogens with one attached hydrogen (secondary N) is 1. The molecule has 0 saturated heterocycles. The zero-order valence-corrected chi connectivity index (χ0v) is 12.0. The summed E-state index contributed by atoms with van der Waals surface area (Å²) in [6.07, 6.45) is 3.57. The molecule has 2 aromatic rings. The van der Waals surface area contributed by atoms with E-state index < -0.39 is 0 Å². The number of rotatable bonds is 3. The van der Waals surface area contributed by atoms with Crippen LogP contribution in [0.5, 0.6) is 0 Å². The third-order valence-electron chi connectivity index (χ3n) is 3.07. The van der Waals surface area contributed by atoms with Gasteiger partial charge >= 0.3 is 0 Å². The van der Waals surface area contributed by atoms with Crippen LogP contribution in [0.25, 0.3) is 5.69 Å². The molecule has 0 aliphatic heterocycles. The molecule has 1 N–H and O–H groups in total. The van der Waals surface area contributed by atoms with E-state index in [1.54, 1.807) is 18.5 Å². The minimum atomic E-state index is -0.206. The molecule has 0 unspecified atom stereocenters. The van der Waals surface area contributed by atoms with E-state index in [2.05, 4.69) is 24.1 Å². The van der Waals surface area contributed by atoms with Gasteiger partial charge < -0.3 is 5.32 Å². The molecule has 0 aliphatic rings. The highest BCUT2D eigenvalue weighted by atomic mass is 35.5. The number of aromatic nitrogens is 2. The van der Waals surface area contributed by atoms with Crippen molar-refractivity contribution in [1.29, 1.82) is 0 Å². The van der Waals surface area contributed by atoms with E-state index in [1.165, 1.54) is 0 Å². The summed E-state index contributed by atoms with van der Waals surface area (Å²) in [5.41, 5.74) is 1.65. The third kappa shape index (κ3) is 2.39. The average molecular weight is 284 g/mol. The van der Waals surface area contributed by atoms with Crippen LogP contribution in [0.4, 0.5) is 0 Å². The minimum Gasteiger partial charge on any atom is -0.310 e. The van der Waals surface area contributed by atoms with E-state index in [4.69, 9.17) is 23.2 Å². The summed E-state index contributed by atoms with van der Waals surface area (Å²) < 4.78 is 1.95. The zero-order chi connectivity index (χ0) is 13.3. The van der Waals surface area contributed by atoms with Crippen molar-refractivity contribution in [2.24, 2.45) is 0 Å². The number of hydrogen-bond acceptors (Lipinski definition) is 2. The molecule has 0 amide bonds. The van der Waals surface area contributed by atoms with Gasteiger partial charge in [0.2, 0.25) is 0 Å². The van der Waals surface area contributed by atoms with Gasteiger partial charge in [-0.1, -0.05) is 23.2 Å². The topological polar surface area (TPSA) is 29.9 Å². The Morgan fingerprint density at radius 3 is 2.67 bits per heavy atom. The molecule has 1 aromatic heterocycles. The maximum Gasteiger partial charge on any atom is 0.0995 e. The lowest BCUT2D eigenvalue weighted by Crippen LogP contribution is -2.35. The van der Waals surface area contributed by atoms with Gasteiger partial charge in [0.1, 0.15) is 0 Å². The van der Waals surface area contributed by atoms with E-state index in [1.807, 2.05) is 23.9 Å². The van der Waals surface area contributed by atoms with Crippen molar-refractivity contribution < 1.29 is 0 Å². The average Bonchev–Trinajstić information content (AvgIpc) is 2.82. The predicted octanol–water partition coefficient (Wildman–Crippen LogP) is 3.63. The van der Waals surface area contributed by atoms with E-state index in [0.29, 0.717) is 10.0 Å². The lowest BCUT2D eigenvalue weighted by Gasteiger charge is -2.25. The van der Waals surface area contributed by atoms with E-state index >= 15 is 0 Å². The smallest absolute Gasteiger partial charge is 0.0995 e. The Morgan fingerprint density at radius 1 is 1.28 bits per heavy atom. The number of imidazole rings is 1. The van der Waals surface area contributed by atoms with Crippen LogP contribution in [0.15, 0.2) is 30.7 Å². The van der Waals surface area contributed by atoms with Gasteiger partial charge in [-0.2, -0.15) is 0 Å². The Hall–Kier alpha value is -1.03. The normalized spacial score (nSPS) is 11.8. The maximum absolute atomic E-state index is 6.23. The monoisotopic (exact) mass is 283 g/mol. The first-order valence-corrected chi connectivity index (χ1v) is 6.38. The van der Waals surface area contributed by atoms with Crippen molar-refractivity contribution in [3.63, 3.8) is 0 Å². The molecular weight excluding hydrogens is 269 g/mol. The molecule has 1 aromatic carbocycles. The van der Waals surface area contributed by atoms with Crippen LogP contribution in [-0.2, 0) is 5.54 Å². The predicted molar refractivity (Wildman–Crippen MR) is 75.7 cm³/mol. The molecule has 0 bridgehead atoms. The molecule has 5 heteroatoms. The number of nitrogens with zero attached hydrogens (tertiary/aromatic N) is 2. The SMILES string of the molecule is CNC(C)(C)c1cncn1-c1cc(Cl)ccc1Cl. The fourth-order valence-corrected chi connectivity index (χ4v) is 2.12. The summed E-state index contributed by atoms with van der Waals surface area (Å²) in [5.74, 6) is 0. The van der Waals surface area contributed by atoms with Crippen molar-refractivity contribution in [1.82, 2.24) is 14.9 Å². The fraction of sp³-hybridized carbons (Fsp3) is 0.308. The van der Waals surface area contributed by atoms with Gasteiger partial charge in [0.25, 0.3) is 0 Å². The molecule has 0 saturated carbocycles. The van der Waals surface area contributed by atoms with Crippen LogP contribution in [0.1, 0.15) is 19.5 Å². The highest BCUT2D eigenvalue weighted by Gasteiger charge is 2.23. The molecule has 0 radical (unpaired) electrons. The zero-order valence-electron chi connectivity index (χ0n) is 10.5. The molecule has 3 nitrogen and oxygen atoms in total. The van der Waals surface area contributed by atoms with Crippen LogP contribution in [0.2, 0.25) is 10.0 Å². The molecule has 0 atom stereocenters. The Labute approximate surface area is 117 Å². The van der Waals surface area contributed by atoms with Crippen molar-refractivity contribution in [3.8, 4) is 5.69 Å². The van der Waals surface area contributed by atoms with E-state index in [-0.39, 0.29) is 5.54 Å². The second-order valence-electron chi connectivity index (χ2n) is 4.62. The quantitative estimate of drug-likeness (QED) is 0.932. The molecule has 0 aliphatic carbocycles. The van der Waals surface area contributed by atoms with Crippen LogP contribution < -0.4 is 5.32 Å². The molecule has 2 rings (SSSR count). The molecule has 0 spiro atoms. The third-order valence-corrected chi connectivity index (χ3v) is 3.63. The highest BCUT2D eigenvalue weighted by Crippen LogP contribution is 2.28. The Bertz CT molecular complexity index is 561. The fourth-order valence-electron chi connectivity index (χ4n) is 1.75. The summed E-state index contributed by atoms with van der Waals surface area (Å²) in [6, 6.07) is 5.39. The molecule has 1 heterocycles. The van der Waals surface area contributed by atoms with Gasteiger partial charge in [0, 0.05) is 5.02 Å². The summed E-state index contributed by atoms with van der Waals surface area (Å²) in [4.78, 5) is 4.20. The van der Waals surface area contributed by atoms with Crippen molar-refractivity contribution >= 4 is 23.2 Å².